The number of benzene rings is 5. The maximum Gasteiger partial charge on any atom is 0.0172 e. The minimum Gasteiger partial charge on any atom is -0.0642 e. The lowest BCUT2D eigenvalue weighted by atomic mass is 9.74. The molecule has 0 saturated heterocycles. The van der Waals surface area contributed by atoms with Crippen molar-refractivity contribution in [3.05, 3.63) is 166 Å². The van der Waals surface area contributed by atoms with Gasteiger partial charge in [-0.3, -0.25) is 0 Å². The van der Waals surface area contributed by atoms with E-state index < -0.39 is 0 Å². The first kappa shape index (κ1) is 33.6. The molecule has 0 aromatic heterocycles. The van der Waals surface area contributed by atoms with Gasteiger partial charge in [-0.25, -0.2) is 0 Å². The topological polar surface area (TPSA) is 0 Å². The summed E-state index contributed by atoms with van der Waals surface area (Å²) in [5.41, 5.74) is 13.8. The number of hydrogen-bond acceptors (Lipinski definition) is 0. The molecule has 0 atom stereocenters. The van der Waals surface area contributed by atoms with E-state index in [1.54, 1.807) is 0 Å². The standard InChI is InChI=1S/C18H22.C14H14.C11H16/c1-5-18(4,16-10-6-14(2)7-11-16)17-12-8-15(3)9-13-17;1-11-3-7-13(8-4-11)14-9-5-12(2)6-10-14;1-9-5-7-10(8-6-9)11(2,3)4/h6-13H,5H2,1-4H3;3-10H,1-2H3;5-8H,1-4H3. The highest BCUT2D eigenvalue weighted by Gasteiger charge is 2.26. The lowest BCUT2D eigenvalue weighted by Gasteiger charge is -2.30. The summed E-state index contributed by atoms with van der Waals surface area (Å²) in [4.78, 5) is 0. The zero-order valence-electron chi connectivity index (χ0n) is 28.3. The van der Waals surface area contributed by atoms with Crippen LogP contribution in [0.5, 0.6) is 0 Å². The van der Waals surface area contributed by atoms with Gasteiger partial charge in [0.15, 0.2) is 0 Å². The third kappa shape index (κ3) is 9.82. The second-order valence-corrected chi connectivity index (χ2v) is 13.3. The van der Waals surface area contributed by atoms with E-state index in [-0.39, 0.29) is 10.8 Å². The smallest absolute Gasteiger partial charge is 0.0172 e. The van der Waals surface area contributed by atoms with Crippen molar-refractivity contribution in [2.45, 2.75) is 86.5 Å². The monoisotopic (exact) mass is 568 g/mol. The third-order valence-corrected chi connectivity index (χ3v) is 8.44. The molecule has 0 aliphatic carbocycles. The zero-order valence-corrected chi connectivity index (χ0v) is 28.3. The predicted octanol–water partition coefficient (Wildman–Crippen LogP) is 12.3. The Labute approximate surface area is 262 Å². The van der Waals surface area contributed by atoms with Crippen molar-refractivity contribution in [3.63, 3.8) is 0 Å². The first-order valence-corrected chi connectivity index (χ1v) is 15.7. The van der Waals surface area contributed by atoms with Gasteiger partial charge >= 0.3 is 0 Å². The molecule has 0 spiro atoms. The summed E-state index contributed by atoms with van der Waals surface area (Å²) in [6.45, 7) is 21.9. The average Bonchev–Trinajstić information content (AvgIpc) is 2.99. The van der Waals surface area contributed by atoms with Crippen LogP contribution in [0.3, 0.4) is 0 Å². The van der Waals surface area contributed by atoms with Gasteiger partial charge in [-0.1, -0.05) is 184 Å². The van der Waals surface area contributed by atoms with E-state index in [4.69, 9.17) is 0 Å². The van der Waals surface area contributed by atoms with E-state index in [1.807, 2.05) is 0 Å². The molecule has 0 aliphatic rings. The second-order valence-electron chi connectivity index (χ2n) is 13.3. The van der Waals surface area contributed by atoms with Gasteiger partial charge in [-0.2, -0.15) is 0 Å². The van der Waals surface area contributed by atoms with Crippen LogP contribution in [0.15, 0.2) is 121 Å². The fraction of sp³-hybridized carbons (Fsp3) is 0.302. The summed E-state index contributed by atoms with van der Waals surface area (Å²) in [5.74, 6) is 0. The average molecular weight is 569 g/mol. The van der Waals surface area contributed by atoms with Crippen LogP contribution in [-0.4, -0.2) is 0 Å². The van der Waals surface area contributed by atoms with E-state index in [9.17, 15) is 0 Å². The SMILES string of the molecule is CCC(C)(c1ccc(C)cc1)c1ccc(C)cc1.Cc1ccc(-c2ccc(C)cc2)cc1.Cc1ccc(C(C)(C)C)cc1. The minimum atomic E-state index is 0.112. The van der Waals surface area contributed by atoms with E-state index >= 15 is 0 Å². The highest BCUT2D eigenvalue weighted by Crippen LogP contribution is 2.35. The number of hydrogen-bond donors (Lipinski definition) is 0. The molecule has 0 unspecified atom stereocenters. The van der Waals surface area contributed by atoms with E-state index in [2.05, 4.69) is 191 Å². The second kappa shape index (κ2) is 15.0. The van der Waals surface area contributed by atoms with Gasteiger partial charge in [-0.15, -0.1) is 0 Å². The molecule has 5 aromatic carbocycles. The van der Waals surface area contributed by atoms with E-state index in [1.165, 1.54) is 55.6 Å². The quantitative estimate of drug-likeness (QED) is 0.202. The molecule has 0 radical (unpaired) electrons. The fourth-order valence-electron chi connectivity index (χ4n) is 4.96. The van der Waals surface area contributed by atoms with Crippen LogP contribution in [0, 0.1) is 34.6 Å². The number of aryl methyl sites for hydroxylation is 5. The molecule has 0 aliphatic heterocycles. The van der Waals surface area contributed by atoms with Crippen LogP contribution in [0.2, 0.25) is 0 Å². The molecule has 0 N–H and O–H groups in total. The van der Waals surface area contributed by atoms with Crippen molar-refractivity contribution < 1.29 is 0 Å². The maximum absolute atomic E-state index is 2.34. The van der Waals surface area contributed by atoms with Crippen LogP contribution in [0.4, 0.5) is 0 Å². The van der Waals surface area contributed by atoms with Crippen LogP contribution in [-0.2, 0) is 10.8 Å². The van der Waals surface area contributed by atoms with Gasteiger partial charge < -0.3 is 0 Å². The van der Waals surface area contributed by atoms with Gasteiger partial charge in [0.1, 0.15) is 0 Å². The zero-order chi connectivity index (χ0) is 31.6. The van der Waals surface area contributed by atoms with Crippen molar-refractivity contribution in [2.75, 3.05) is 0 Å². The van der Waals surface area contributed by atoms with Crippen LogP contribution >= 0.6 is 0 Å². The molecule has 0 amide bonds. The Kier molecular flexibility index (Phi) is 11.7. The van der Waals surface area contributed by atoms with Gasteiger partial charge in [0.05, 0.1) is 0 Å². The van der Waals surface area contributed by atoms with Gasteiger partial charge in [0, 0.05) is 5.41 Å². The van der Waals surface area contributed by atoms with Crippen LogP contribution < -0.4 is 0 Å². The van der Waals surface area contributed by atoms with E-state index in [0.717, 1.165) is 6.42 Å². The molecule has 0 saturated carbocycles. The minimum absolute atomic E-state index is 0.112. The third-order valence-electron chi connectivity index (χ3n) is 8.44. The maximum atomic E-state index is 2.34. The molecular formula is C43H52. The largest absolute Gasteiger partial charge is 0.0642 e. The Hall–Kier alpha value is -3.90. The van der Waals surface area contributed by atoms with Crippen molar-refractivity contribution in [3.8, 4) is 11.1 Å². The summed E-state index contributed by atoms with van der Waals surface area (Å²) in [6, 6.07) is 43.9. The molecule has 0 heterocycles. The van der Waals surface area contributed by atoms with Crippen LogP contribution in [0.1, 0.15) is 85.5 Å². The molecule has 0 nitrogen and oxygen atoms in total. The van der Waals surface area contributed by atoms with Crippen molar-refractivity contribution >= 4 is 0 Å². The summed E-state index contributed by atoms with van der Waals surface area (Å²) in [7, 11) is 0. The van der Waals surface area contributed by atoms with Crippen molar-refractivity contribution in [2.24, 2.45) is 0 Å². The predicted molar refractivity (Wildman–Crippen MR) is 190 cm³/mol. The van der Waals surface area contributed by atoms with Crippen LogP contribution in [0.25, 0.3) is 11.1 Å². The first-order valence-electron chi connectivity index (χ1n) is 15.7. The normalized spacial score (nSPS) is 11.1. The van der Waals surface area contributed by atoms with E-state index in [0.29, 0.717) is 0 Å². The van der Waals surface area contributed by atoms with Crippen molar-refractivity contribution in [1.29, 1.82) is 0 Å². The lowest BCUT2D eigenvalue weighted by Crippen LogP contribution is -2.22. The Morgan fingerprint density at radius 2 is 0.581 bits per heavy atom. The Morgan fingerprint density at radius 1 is 0.349 bits per heavy atom. The molecule has 5 rings (SSSR count). The Bertz CT molecular complexity index is 1420. The molecule has 0 fully saturated rings. The molecule has 224 valence electrons. The highest BCUT2D eigenvalue weighted by atomic mass is 14.3. The molecule has 43 heavy (non-hydrogen) atoms. The fourth-order valence-corrected chi connectivity index (χ4v) is 4.96. The molecule has 0 heteroatoms. The summed E-state index contributed by atoms with van der Waals surface area (Å²) in [5, 5.41) is 0. The Balaban J connectivity index is 0.000000182. The highest BCUT2D eigenvalue weighted by molar-refractivity contribution is 5.63. The lowest BCUT2D eigenvalue weighted by molar-refractivity contribution is 0.549. The van der Waals surface area contributed by atoms with Gasteiger partial charge in [0.2, 0.25) is 0 Å². The summed E-state index contributed by atoms with van der Waals surface area (Å²) < 4.78 is 0. The van der Waals surface area contributed by atoms with Crippen molar-refractivity contribution in [1.82, 2.24) is 0 Å². The van der Waals surface area contributed by atoms with Gasteiger partial charge in [0.25, 0.3) is 0 Å². The molecule has 5 aromatic rings. The number of rotatable bonds is 4. The summed E-state index contributed by atoms with van der Waals surface area (Å²) >= 11 is 0. The molecule has 0 bridgehead atoms. The molecular weight excluding hydrogens is 516 g/mol. The van der Waals surface area contributed by atoms with Gasteiger partial charge in [-0.05, 0) is 74.3 Å². The first-order chi connectivity index (χ1) is 20.3. The Morgan fingerprint density at radius 3 is 0.814 bits per heavy atom. The summed E-state index contributed by atoms with van der Waals surface area (Å²) in [6.07, 6.45) is 1.11.